The van der Waals surface area contributed by atoms with Crippen LogP contribution in [0, 0.1) is 0 Å². The lowest BCUT2D eigenvalue weighted by molar-refractivity contribution is -0.0429. The predicted octanol–water partition coefficient (Wildman–Crippen LogP) is 2.64. The highest BCUT2D eigenvalue weighted by Gasteiger charge is 2.36. The van der Waals surface area contributed by atoms with Gasteiger partial charge in [0.15, 0.2) is 0 Å². The van der Waals surface area contributed by atoms with Crippen LogP contribution in [0.5, 0.6) is 0 Å². The first-order chi connectivity index (χ1) is 9.51. The second-order valence-electron chi connectivity index (χ2n) is 4.62. The Hall–Kier alpha value is -0.560. The normalized spacial score (nSPS) is 26.6. The number of aliphatic hydroxyl groups excluding tert-OH is 2. The fourth-order valence-electron chi connectivity index (χ4n) is 2.37. The fraction of sp³-hybridized carbons (Fsp3) is 0.417. The fourth-order valence-corrected chi connectivity index (χ4v) is 2.98. The molecule has 2 heterocycles. The molecule has 5 nitrogen and oxygen atoms in total. The molecule has 2 aromatic rings. The number of nitrogens with zero attached hydrogens (tertiary/aromatic N) is 2. The van der Waals surface area contributed by atoms with Crippen molar-refractivity contribution in [2.24, 2.45) is 0 Å². The van der Waals surface area contributed by atoms with Gasteiger partial charge in [-0.25, -0.2) is 4.98 Å². The van der Waals surface area contributed by atoms with Gasteiger partial charge in [0.2, 0.25) is 5.28 Å². The van der Waals surface area contributed by atoms with Gasteiger partial charge in [-0.3, -0.25) is 4.57 Å². The van der Waals surface area contributed by atoms with Gasteiger partial charge in [-0.1, -0.05) is 23.2 Å². The summed E-state index contributed by atoms with van der Waals surface area (Å²) in [5.74, 6) is 0. The number of benzene rings is 1. The SMILES string of the molecule is OC[C@H]1O[C@@H](n2c(Cl)nc3cc(Cl)c(Cl)cc32)C[C@@H]1O. The third-order valence-corrected chi connectivity index (χ3v) is 4.35. The average molecular weight is 338 g/mol. The maximum atomic E-state index is 9.81. The summed E-state index contributed by atoms with van der Waals surface area (Å²) in [5, 5.41) is 19.9. The van der Waals surface area contributed by atoms with Gasteiger partial charge >= 0.3 is 0 Å². The van der Waals surface area contributed by atoms with Crippen LogP contribution in [0.4, 0.5) is 0 Å². The molecule has 0 saturated carbocycles. The van der Waals surface area contributed by atoms with Crippen LogP contribution in [0.15, 0.2) is 12.1 Å². The van der Waals surface area contributed by atoms with Crippen LogP contribution in [0.25, 0.3) is 11.0 Å². The number of aromatic nitrogens is 2. The molecule has 1 aromatic heterocycles. The molecule has 0 radical (unpaired) electrons. The number of aliphatic hydroxyl groups is 2. The summed E-state index contributed by atoms with van der Waals surface area (Å²) in [6.45, 7) is -0.255. The summed E-state index contributed by atoms with van der Waals surface area (Å²) in [6.07, 6.45) is -1.56. The molecule has 3 rings (SSSR count). The van der Waals surface area contributed by atoms with Gasteiger partial charge in [-0.2, -0.15) is 0 Å². The molecule has 1 saturated heterocycles. The first-order valence-electron chi connectivity index (χ1n) is 5.98. The van der Waals surface area contributed by atoms with Crippen molar-refractivity contribution >= 4 is 45.8 Å². The first-order valence-corrected chi connectivity index (χ1v) is 7.11. The summed E-state index contributed by atoms with van der Waals surface area (Å²) in [4.78, 5) is 4.20. The molecular weight excluding hydrogens is 327 g/mol. The van der Waals surface area contributed by atoms with Crippen molar-refractivity contribution in [3.05, 3.63) is 27.5 Å². The largest absolute Gasteiger partial charge is 0.394 e. The number of halogens is 3. The summed E-state index contributed by atoms with van der Waals surface area (Å²) < 4.78 is 7.23. The van der Waals surface area contributed by atoms with Crippen molar-refractivity contribution in [1.82, 2.24) is 9.55 Å². The third-order valence-electron chi connectivity index (χ3n) is 3.36. The smallest absolute Gasteiger partial charge is 0.205 e. The van der Waals surface area contributed by atoms with Crippen LogP contribution in [-0.4, -0.2) is 38.6 Å². The van der Waals surface area contributed by atoms with Crippen molar-refractivity contribution in [3.8, 4) is 0 Å². The lowest BCUT2D eigenvalue weighted by Crippen LogP contribution is -2.24. The van der Waals surface area contributed by atoms with E-state index in [1.807, 2.05) is 0 Å². The lowest BCUT2D eigenvalue weighted by Gasteiger charge is -2.15. The van der Waals surface area contributed by atoms with Crippen molar-refractivity contribution < 1.29 is 14.9 Å². The van der Waals surface area contributed by atoms with Crippen molar-refractivity contribution in [3.63, 3.8) is 0 Å². The molecule has 0 aliphatic carbocycles. The Balaban J connectivity index is 2.08. The zero-order chi connectivity index (χ0) is 14.4. The molecule has 1 aliphatic heterocycles. The molecule has 0 amide bonds. The van der Waals surface area contributed by atoms with Gasteiger partial charge in [0.1, 0.15) is 12.3 Å². The molecule has 0 unspecified atom stereocenters. The van der Waals surface area contributed by atoms with E-state index in [9.17, 15) is 5.11 Å². The van der Waals surface area contributed by atoms with Gasteiger partial charge in [0.05, 0.1) is 33.8 Å². The Labute approximate surface area is 129 Å². The minimum absolute atomic E-state index is 0.217. The highest BCUT2D eigenvalue weighted by molar-refractivity contribution is 6.42. The molecule has 0 bridgehead atoms. The van der Waals surface area contributed by atoms with Gasteiger partial charge in [0, 0.05) is 6.42 Å². The topological polar surface area (TPSA) is 67.5 Å². The van der Waals surface area contributed by atoms with E-state index >= 15 is 0 Å². The van der Waals surface area contributed by atoms with Gasteiger partial charge < -0.3 is 14.9 Å². The standard InChI is InChI=1S/C12H11Cl3N2O3/c13-5-1-7-8(2-6(5)14)17(12(15)16-7)11-3-9(19)10(4-18)20-11/h1-2,9-11,18-19H,3-4H2/t9-,10+,11+/m0/s1. The average Bonchev–Trinajstić information content (AvgIpc) is 2.90. The maximum Gasteiger partial charge on any atom is 0.205 e. The molecule has 3 atom stereocenters. The summed E-state index contributed by atoms with van der Waals surface area (Å²) >= 11 is 18.1. The Bertz CT molecular complexity index is 661. The van der Waals surface area contributed by atoms with Crippen LogP contribution < -0.4 is 0 Å². The summed E-state index contributed by atoms with van der Waals surface area (Å²) in [6, 6.07) is 3.27. The third kappa shape index (κ3) is 2.28. The molecular formula is C12H11Cl3N2O3. The Morgan fingerprint density at radius 3 is 2.65 bits per heavy atom. The van der Waals surface area contributed by atoms with Gasteiger partial charge in [-0.05, 0) is 23.7 Å². The number of ether oxygens (including phenoxy) is 1. The van der Waals surface area contributed by atoms with E-state index in [0.29, 0.717) is 27.5 Å². The highest BCUT2D eigenvalue weighted by Crippen LogP contribution is 2.36. The molecule has 1 aromatic carbocycles. The van der Waals surface area contributed by atoms with E-state index in [4.69, 9.17) is 44.6 Å². The number of hydrogen-bond donors (Lipinski definition) is 2. The molecule has 8 heteroatoms. The van der Waals surface area contributed by atoms with E-state index in [1.54, 1.807) is 16.7 Å². The number of hydrogen-bond acceptors (Lipinski definition) is 4. The number of imidazole rings is 1. The summed E-state index contributed by atoms with van der Waals surface area (Å²) in [7, 11) is 0. The van der Waals surface area contributed by atoms with Crippen LogP contribution in [0.2, 0.25) is 15.3 Å². The minimum Gasteiger partial charge on any atom is -0.394 e. The Morgan fingerprint density at radius 2 is 2.00 bits per heavy atom. The molecule has 108 valence electrons. The predicted molar refractivity (Wildman–Crippen MR) is 76.4 cm³/mol. The van der Waals surface area contributed by atoms with E-state index in [1.165, 1.54) is 0 Å². The van der Waals surface area contributed by atoms with E-state index in [-0.39, 0.29) is 11.9 Å². The van der Waals surface area contributed by atoms with Gasteiger partial charge in [0.25, 0.3) is 0 Å². The van der Waals surface area contributed by atoms with Crippen molar-refractivity contribution in [2.45, 2.75) is 24.9 Å². The molecule has 1 aliphatic rings. The van der Waals surface area contributed by atoms with Crippen LogP contribution in [0.1, 0.15) is 12.6 Å². The van der Waals surface area contributed by atoms with Crippen molar-refractivity contribution in [1.29, 1.82) is 0 Å². The molecule has 1 fully saturated rings. The second-order valence-corrected chi connectivity index (χ2v) is 5.77. The number of fused-ring (bicyclic) bond motifs is 1. The molecule has 2 N–H and O–H groups in total. The minimum atomic E-state index is -0.749. The highest BCUT2D eigenvalue weighted by atomic mass is 35.5. The molecule has 0 spiro atoms. The Kier molecular flexibility index (Phi) is 3.83. The lowest BCUT2D eigenvalue weighted by atomic mass is 10.2. The van der Waals surface area contributed by atoms with Crippen LogP contribution in [-0.2, 0) is 4.74 Å². The quantitative estimate of drug-likeness (QED) is 0.884. The molecule has 20 heavy (non-hydrogen) atoms. The van der Waals surface area contributed by atoms with E-state index in [2.05, 4.69) is 4.98 Å². The second kappa shape index (κ2) is 5.33. The zero-order valence-electron chi connectivity index (χ0n) is 10.1. The van der Waals surface area contributed by atoms with E-state index in [0.717, 1.165) is 0 Å². The number of rotatable bonds is 2. The van der Waals surface area contributed by atoms with E-state index < -0.39 is 18.4 Å². The van der Waals surface area contributed by atoms with Crippen LogP contribution >= 0.6 is 34.8 Å². The van der Waals surface area contributed by atoms with Crippen LogP contribution in [0.3, 0.4) is 0 Å². The monoisotopic (exact) mass is 336 g/mol. The van der Waals surface area contributed by atoms with Gasteiger partial charge in [-0.15, -0.1) is 0 Å². The zero-order valence-corrected chi connectivity index (χ0v) is 12.4. The summed E-state index contributed by atoms with van der Waals surface area (Å²) in [5.41, 5.74) is 1.26. The Morgan fingerprint density at radius 1 is 1.30 bits per heavy atom. The maximum absolute atomic E-state index is 9.81. The van der Waals surface area contributed by atoms with Crippen molar-refractivity contribution in [2.75, 3.05) is 6.61 Å². The first kappa shape index (κ1) is 14.4.